The molecule has 2 amide bonds. The summed E-state index contributed by atoms with van der Waals surface area (Å²) in [5, 5.41) is 9.15. The predicted molar refractivity (Wildman–Crippen MR) is 78.9 cm³/mol. The van der Waals surface area contributed by atoms with Gasteiger partial charge in [-0.05, 0) is 12.0 Å². The number of hydrogen-bond acceptors (Lipinski definition) is 3. The maximum atomic E-state index is 11.7. The molecule has 1 aliphatic heterocycles. The summed E-state index contributed by atoms with van der Waals surface area (Å²) in [7, 11) is 0. The lowest BCUT2D eigenvalue weighted by Crippen LogP contribution is -2.41. The monoisotopic (exact) mass is 277 g/mol. The highest BCUT2D eigenvalue weighted by atomic mass is 16.5. The van der Waals surface area contributed by atoms with E-state index in [1.54, 1.807) is 0 Å². The van der Waals surface area contributed by atoms with Gasteiger partial charge in [-0.1, -0.05) is 32.0 Å². The van der Waals surface area contributed by atoms with Gasteiger partial charge in [0.15, 0.2) is 0 Å². The topological polar surface area (TPSA) is 62.4 Å². The van der Waals surface area contributed by atoms with Crippen molar-refractivity contribution in [1.82, 2.24) is 16.0 Å². The second-order valence-corrected chi connectivity index (χ2v) is 5.38. The highest BCUT2D eigenvalue weighted by Crippen LogP contribution is 2.26. The molecule has 0 bridgehead atoms. The molecule has 3 N–H and O–H groups in total. The van der Waals surface area contributed by atoms with E-state index in [4.69, 9.17) is 4.74 Å². The van der Waals surface area contributed by atoms with Crippen molar-refractivity contribution in [3.05, 3.63) is 29.8 Å². The Morgan fingerprint density at radius 3 is 3.00 bits per heavy atom. The molecule has 1 aromatic rings. The number of carbonyl (C=O) groups is 1. The first-order valence-corrected chi connectivity index (χ1v) is 7.13. The van der Waals surface area contributed by atoms with Crippen LogP contribution in [0.15, 0.2) is 24.3 Å². The molecule has 5 nitrogen and oxygen atoms in total. The smallest absolute Gasteiger partial charge is 0.314 e. The quantitative estimate of drug-likeness (QED) is 0.784. The first-order valence-electron chi connectivity index (χ1n) is 7.13. The first kappa shape index (κ1) is 14.7. The molecule has 1 unspecified atom stereocenters. The third-order valence-electron chi connectivity index (χ3n) is 3.18. The van der Waals surface area contributed by atoms with Crippen LogP contribution in [-0.2, 0) is 0 Å². The fraction of sp³-hybridized carbons (Fsp3) is 0.533. The van der Waals surface area contributed by atoms with Gasteiger partial charge in [0.05, 0.1) is 6.04 Å². The minimum atomic E-state index is -0.122. The number of carbonyl (C=O) groups excluding carboxylic acids is 1. The maximum Gasteiger partial charge on any atom is 0.314 e. The van der Waals surface area contributed by atoms with Gasteiger partial charge in [-0.2, -0.15) is 0 Å². The van der Waals surface area contributed by atoms with Gasteiger partial charge < -0.3 is 20.7 Å². The summed E-state index contributed by atoms with van der Waals surface area (Å²) >= 11 is 0. The Balaban J connectivity index is 1.91. The molecule has 0 saturated heterocycles. The van der Waals surface area contributed by atoms with Crippen LogP contribution >= 0.6 is 0 Å². The number of fused-ring (bicyclic) bond motifs is 1. The first-order chi connectivity index (χ1) is 9.66. The summed E-state index contributed by atoms with van der Waals surface area (Å²) in [5.41, 5.74) is 1.09. The molecule has 0 saturated carbocycles. The largest absolute Gasteiger partial charge is 0.492 e. The number of hydrogen-bond donors (Lipinski definition) is 3. The van der Waals surface area contributed by atoms with Crippen LogP contribution in [0.1, 0.15) is 25.5 Å². The highest BCUT2D eigenvalue weighted by molar-refractivity contribution is 5.73. The van der Waals surface area contributed by atoms with Gasteiger partial charge in [-0.25, -0.2) is 4.79 Å². The van der Waals surface area contributed by atoms with E-state index in [1.807, 2.05) is 24.3 Å². The molecule has 0 fully saturated rings. The summed E-state index contributed by atoms with van der Waals surface area (Å²) in [6, 6.07) is 7.91. The number of amides is 2. The van der Waals surface area contributed by atoms with Crippen molar-refractivity contribution in [1.29, 1.82) is 0 Å². The van der Waals surface area contributed by atoms with Crippen LogP contribution in [0.25, 0.3) is 0 Å². The molecule has 1 aromatic carbocycles. The summed E-state index contributed by atoms with van der Waals surface area (Å²) in [5.74, 6) is 1.35. The molecule has 110 valence electrons. The van der Waals surface area contributed by atoms with Gasteiger partial charge in [0.1, 0.15) is 12.4 Å². The van der Waals surface area contributed by atoms with E-state index in [0.29, 0.717) is 25.6 Å². The Kier molecular flexibility index (Phi) is 5.24. The molecule has 0 aromatic heterocycles. The number of ether oxygens (including phenoxy) is 1. The molecule has 2 rings (SSSR count). The molecule has 0 radical (unpaired) electrons. The standard InChI is InChI=1S/C15H23N3O2/c1-11(2)9-17-15(19)18-10-13-12-5-3-4-6-14(12)20-8-7-16-13/h3-6,11,13,16H,7-10H2,1-2H3,(H2,17,18,19). The summed E-state index contributed by atoms with van der Waals surface area (Å²) in [6.07, 6.45) is 0. The zero-order chi connectivity index (χ0) is 14.4. The van der Waals surface area contributed by atoms with Crippen LogP contribution in [0.3, 0.4) is 0 Å². The van der Waals surface area contributed by atoms with Gasteiger partial charge in [0.25, 0.3) is 0 Å². The van der Waals surface area contributed by atoms with E-state index in [9.17, 15) is 4.79 Å². The number of benzene rings is 1. The number of rotatable bonds is 4. The Labute approximate surface area is 120 Å². The summed E-state index contributed by atoms with van der Waals surface area (Å²) < 4.78 is 5.67. The Morgan fingerprint density at radius 2 is 2.20 bits per heavy atom. The Bertz CT molecular complexity index is 448. The fourth-order valence-electron chi connectivity index (χ4n) is 2.14. The zero-order valence-electron chi connectivity index (χ0n) is 12.1. The number of urea groups is 1. The molecular formula is C15H23N3O2. The van der Waals surface area contributed by atoms with Crippen molar-refractivity contribution in [3.8, 4) is 5.75 Å². The van der Waals surface area contributed by atoms with E-state index >= 15 is 0 Å². The van der Waals surface area contributed by atoms with E-state index < -0.39 is 0 Å². The van der Waals surface area contributed by atoms with Gasteiger partial charge >= 0.3 is 6.03 Å². The zero-order valence-corrected chi connectivity index (χ0v) is 12.1. The van der Waals surface area contributed by atoms with Crippen LogP contribution in [-0.4, -0.2) is 32.3 Å². The highest BCUT2D eigenvalue weighted by Gasteiger charge is 2.19. The van der Waals surface area contributed by atoms with Crippen LogP contribution in [0.4, 0.5) is 4.79 Å². The molecule has 1 heterocycles. The van der Waals surface area contributed by atoms with E-state index in [0.717, 1.165) is 17.9 Å². The minimum absolute atomic E-state index is 0.0819. The van der Waals surface area contributed by atoms with Gasteiger partial charge in [-0.3, -0.25) is 0 Å². The van der Waals surface area contributed by atoms with E-state index in [2.05, 4.69) is 29.8 Å². The van der Waals surface area contributed by atoms with Crippen molar-refractivity contribution in [2.75, 3.05) is 26.2 Å². The second-order valence-electron chi connectivity index (χ2n) is 5.38. The predicted octanol–water partition coefficient (Wildman–Crippen LogP) is 1.66. The molecule has 1 atom stereocenters. The lowest BCUT2D eigenvalue weighted by molar-refractivity contribution is 0.238. The molecular weight excluding hydrogens is 254 g/mol. The Morgan fingerprint density at radius 1 is 1.40 bits per heavy atom. The molecule has 1 aliphatic rings. The van der Waals surface area contributed by atoms with Gasteiger partial charge in [0.2, 0.25) is 0 Å². The average molecular weight is 277 g/mol. The molecule has 5 heteroatoms. The maximum absolute atomic E-state index is 11.7. The normalized spacial score (nSPS) is 17.9. The fourth-order valence-corrected chi connectivity index (χ4v) is 2.14. The molecule has 0 spiro atoms. The minimum Gasteiger partial charge on any atom is -0.492 e. The van der Waals surface area contributed by atoms with Gasteiger partial charge in [0, 0.05) is 25.2 Å². The van der Waals surface area contributed by atoms with Gasteiger partial charge in [-0.15, -0.1) is 0 Å². The molecule has 20 heavy (non-hydrogen) atoms. The van der Waals surface area contributed by atoms with Crippen LogP contribution < -0.4 is 20.7 Å². The third-order valence-corrected chi connectivity index (χ3v) is 3.18. The third kappa shape index (κ3) is 4.13. The number of para-hydroxylation sites is 1. The van der Waals surface area contributed by atoms with E-state index in [1.165, 1.54) is 0 Å². The van der Waals surface area contributed by atoms with Crippen molar-refractivity contribution in [2.45, 2.75) is 19.9 Å². The molecule has 0 aliphatic carbocycles. The van der Waals surface area contributed by atoms with Crippen molar-refractivity contribution >= 4 is 6.03 Å². The van der Waals surface area contributed by atoms with Crippen molar-refractivity contribution in [2.24, 2.45) is 5.92 Å². The van der Waals surface area contributed by atoms with Crippen LogP contribution in [0.5, 0.6) is 5.75 Å². The van der Waals surface area contributed by atoms with Crippen LogP contribution in [0, 0.1) is 5.92 Å². The lowest BCUT2D eigenvalue weighted by atomic mass is 10.1. The number of nitrogens with one attached hydrogen (secondary N) is 3. The second kappa shape index (κ2) is 7.14. The SMILES string of the molecule is CC(C)CNC(=O)NCC1NCCOc2ccccc21. The summed E-state index contributed by atoms with van der Waals surface area (Å²) in [6.45, 7) is 6.79. The average Bonchev–Trinajstić information content (AvgIpc) is 2.65. The van der Waals surface area contributed by atoms with Crippen LogP contribution in [0.2, 0.25) is 0 Å². The lowest BCUT2D eigenvalue weighted by Gasteiger charge is -2.18. The van der Waals surface area contributed by atoms with Crippen molar-refractivity contribution in [3.63, 3.8) is 0 Å². The van der Waals surface area contributed by atoms with Crippen molar-refractivity contribution < 1.29 is 9.53 Å². The Hall–Kier alpha value is -1.75. The summed E-state index contributed by atoms with van der Waals surface area (Å²) in [4.78, 5) is 11.7. The van der Waals surface area contributed by atoms with E-state index in [-0.39, 0.29) is 12.1 Å².